The zero-order chi connectivity index (χ0) is 15.1. The van der Waals surface area contributed by atoms with Crippen molar-refractivity contribution in [2.75, 3.05) is 18.8 Å². The van der Waals surface area contributed by atoms with Crippen molar-refractivity contribution < 1.29 is 9.53 Å². The third-order valence-electron chi connectivity index (χ3n) is 3.23. The molecule has 0 atom stereocenters. The molecule has 2 N–H and O–H groups in total. The molecule has 1 aliphatic rings. The third kappa shape index (κ3) is 3.33. The van der Waals surface area contributed by atoms with Crippen LogP contribution in [0.3, 0.4) is 0 Å². The molecule has 1 heterocycles. The van der Waals surface area contributed by atoms with Crippen LogP contribution in [0.4, 0.5) is 5.69 Å². The molecular weight excluding hydrogens is 320 g/mol. The molecule has 0 aliphatic carbocycles. The maximum absolute atomic E-state index is 12.7. The number of nitrogen functional groups attached to an aromatic ring is 1. The standard InChI is InChI=1S/C15H21BrN2O2/c1-14(2)8-18(9-15(3,4)20-14)13(19)11-7-10(16)5-6-12(11)17/h5-7H,8-9,17H2,1-4H3. The van der Waals surface area contributed by atoms with E-state index in [1.54, 1.807) is 12.1 Å². The number of anilines is 1. The van der Waals surface area contributed by atoms with Gasteiger partial charge in [0.05, 0.1) is 16.8 Å². The number of ether oxygens (including phenoxy) is 1. The number of hydrogen-bond acceptors (Lipinski definition) is 3. The monoisotopic (exact) mass is 340 g/mol. The van der Waals surface area contributed by atoms with E-state index in [1.165, 1.54) is 0 Å². The van der Waals surface area contributed by atoms with Crippen LogP contribution in [0.5, 0.6) is 0 Å². The Morgan fingerprint density at radius 2 is 1.80 bits per heavy atom. The van der Waals surface area contributed by atoms with Crippen LogP contribution in [0.15, 0.2) is 22.7 Å². The van der Waals surface area contributed by atoms with Gasteiger partial charge in [-0.25, -0.2) is 0 Å². The Kier molecular flexibility index (Phi) is 3.86. The number of amides is 1. The Bertz CT molecular complexity index is 525. The lowest BCUT2D eigenvalue weighted by atomic mass is 9.98. The number of rotatable bonds is 1. The summed E-state index contributed by atoms with van der Waals surface area (Å²) in [7, 11) is 0. The Morgan fingerprint density at radius 1 is 1.25 bits per heavy atom. The van der Waals surface area contributed by atoms with Crippen LogP contribution in [0, 0.1) is 0 Å². The van der Waals surface area contributed by atoms with Gasteiger partial charge in [0.2, 0.25) is 0 Å². The predicted molar refractivity (Wildman–Crippen MR) is 83.7 cm³/mol. The van der Waals surface area contributed by atoms with E-state index in [9.17, 15) is 4.79 Å². The molecule has 0 spiro atoms. The summed E-state index contributed by atoms with van der Waals surface area (Å²) in [6, 6.07) is 5.35. The number of nitrogens with zero attached hydrogens (tertiary/aromatic N) is 1. The minimum atomic E-state index is -0.363. The first-order chi connectivity index (χ1) is 9.10. The van der Waals surface area contributed by atoms with Gasteiger partial charge in [0.15, 0.2) is 0 Å². The maximum Gasteiger partial charge on any atom is 0.256 e. The minimum Gasteiger partial charge on any atom is -0.398 e. The second-order valence-corrected chi connectivity index (χ2v) is 7.43. The molecule has 0 saturated carbocycles. The van der Waals surface area contributed by atoms with E-state index in [-0.39, 0.29) is 17.1 Å². The number of benzene rings is 1. The number of carbonyl (C=O) groups excluding carboxylic acids is 1. The van der Waals surface area contributed by atoms with Crippen LogP contribution < -0.4 is 5.73 Å². The quantitative estimate of drug-likeness (QED) is 0.799. The molecule has 5 heteroatoms. The number of hydrogen-bond donors (Lipinski definition) is 1. The van der Waals surface area contributed by atoms with E-state index < -0.39 is 0 Å². The Morgan fingerprint density at radius 3 is 2.35 bits per heavy atom. The number of morpholine rings is 1. The van der Waals surface area contributed by atoms with Gasteiger partial charge in [0.1, 0.15) is 0 Å². The van der Waals surface area contributed by atoms with Crippen molar-refractivity contribution in [3.63, 3.8) is 0 Å². The SMILES string of the molecule is CC1(C)CN(C(=O)c2cc(Br)ccc2N)CC(C)(C)O1. The number of nitrogens with two attached hydrogens (primary N) is 1. The summed E-state index contributed by atoms with van der Waals surface area (Å²) >= 11 is 3.38. The van der Waals surface area contributed by atoms with E-state index >= 15 is 0 Å². The van der Waals surface area contributed by atoms with E-state index in [4.69, 9.17) is 10.5 Å². The molecule has 1 amide bonds. The van der Waals surface area contributed by atoms with Crippen molar-refractivity contribution >= 4 is 27.5 Å². The fourth-order valence-electron chi connectivity index (χ4n) is 2.82. The van der Waals surface area contributed by atoms with Gasteiger partial charge in [0.25, 0.3) is 5.91 Å². The highest BCUT2D eigenvalue weighted by atomic mass is 79.9. The van der Waals surface area contributed by atoms with Crippen molar-refractivity contribution in [3.05, 3.63) is 28.2 Å². The van der Waals surface area contributed by atoms with Crippen LogP contribution in [-0.2, 0) is 4.74 Å². The van der Waals surface area contributed by atoms with Gasteiger partial charge in [-0.05, 0) is 45.9 Å². The van der Waals surface area contributed by atoms with Gasteiger partial charge in [-0.3, -0.25) is 4.79 Å². The average Bonchev–Trinajstić information content (AvgIpc) is 2.27. The first kappa shape index (κ1) is 15.3. The third-order valence-corrected chi connectivity index (χ3v) is 3.72. The summed E-state index contributed by atoms with van der Waals surface area (Å²) in [5, 5.41) is 0. The summed E-state index contributed by atoms with van der Waals surface area (Å²) in [5.74, 6) is -0.0479. The molecule has 0 aromatic heterocycles. The second-order valence-electron chi connectivity index (χ2n) is 6.51. The highest BCUT2D eigenvalue weighted by Crippen LogP contribution is 2.30. The average molecular weight is 341 g/mol. The van der Waals surface area contributed by atoms with Crippen LogP contribution in [-0.4, -0.2) is 35.1 Å². The van der Waals surface area contributed by atoms with Gasteiger partial charge < -0.3 is 15.4 Å². The van der Waals surface area contributed by atoms with Gasteiger partial charge in [-0.1, -0.05) is 15.9 Å². The molecule has 4 nitrogen and oxygen atoms in total. The Hall–Kier alpha value is -1.07. The zero-order valence-electron chi connectivity index (χ0n) is 12.4. The van der Waals surface area contributed by atoms with Crippen molar-refractivity contribution in [1.82, 2.24) is 4.90 Å². The summed E-state index contributed by atoms with van der Waals surface area (Å²) in [6.07, 6.45) is 0. The molecule has 0 unspecified atom stereocenters. The molecule has 20 heavy (non-hydrogen) atoms. The molecule has 0 radical (unpaired) electrons. The highest BCUT2D eigenvalue weighted by molar-refractivity contribution is 9.10. The summed E-state index contributed by atoms with van der Waals surface area (Å²) in [4.78, 5) is 14.5. The van der Waals surface area contributed by atoms with Crippen molar-refractivity contribution in [3.8, 4) is 0 Å². The van der Waals surface area contributed by atoms with Crippen LogP contribution >= 0.6 is 15.9 Å². The minimum absolute atomic E-state index is 0.0479. The zero-order valence-corrected chi connectivity index (χ0v) is 14.0. The van der Waals surface area contributed by atoms with Gasteiger partial charge >= 0.3 is 0 Å². The van der Waals surface area contributed by atoms with Crippen molar-refractivity contribution in [2.24, 2.45) is 0 Å². The maximum atomic E-state index is 12.7. The second kappa shape index (κ2) is 5.04. The number of carbonyl (C=O) groups is 1. The molecule has 1 aliphatic heterocycles. The predicted octanol–water partition coefficient (Wildman–Crippen LogP) is 3.06. The highest BCUT2D eigenvalue weighted by Gasteiger charge is 2.40. The van der Waals surface area contributed by atoms with E-state index in [2.05, 4.69) is 15.9 Å². The van der Waals surface area contributed by atoms with Crippen molar-refractivity contribution in [2.45, 2.75) is 38.9 Å². The fraction of sp³-hybridized carbons (Fsp3) is 0.533. The van der Waals surface area contributed by atoms with E-state index in [0.29, 0.717) is 24.3 Å². The first-order valence-corrected chi connectivity index (χ1v) is 7.43. The Labute approximate surface area is 128 Å². The number of halogens is 1. The van der Waals surface area contributed by atoms with Crippen LogP contribution in [0.2, 0.25) is 0 Å². The van der Waals surface area contributed by atoms with Gasteiger partial charge in [-0.15, -0.1) is 0 Å². The molecule has 1 fully saturated rings. The first-order valence-electron chi connectivity index (χ1n) is 6.64. The summed E-state index contributed by atoms with van der Waals surface area (Å²) in [5.41, 5.74) is 6.24. The lowest BCUT2D eigenvalue weighted by Gasteiger charge is -2.47. The normalized spacial score (nSPS) is 20.8. The molecule has 1 saturated heterocycles. The van der Waals surface area contributed by atoms with Crippen LogP contribution in [0.1, 0.15) is 38.1 Å². The molecule has 2 rings (SSSR count). The topological polar surface area (TPSA) is 55.6 Å². The lowest BCUT2D eigenvalue weighted by Crippen LogP contribution is -2.58. The Balaban J connectivity index is 2.31. The molecule has 0 bridgehead atoms. The van der Waals surface area contributed by atoms with Gasteiger partial charge in [-0.2, -0.15) is 0 Å². The van der Waals surface area contributed by atoms with Crippen LogP contribution in [0.25, 0.3) is 0 Å². The molecule has 1 aromatic carbocycles. The van der Waals surface area contributed by atoms with E-state index in [1.807, 2.05) is 38.7 Å². The largest absolute Gasteiger partial charge is 0.398 e. The summed E-state index contributed by atoms with van der Waals surface area (Å²) < 4.78 is 6.85. The van der Waals surface area contributed by atoms with Crippen molar-refractivity contribution in [1.29, 1.82) is 0 Å². The molecule has 1 aromatic rings. The van der Waals surface area contributed by atoms with E-state index in [0.717, 1.165) is 4.47 Å². The molecule has 110 valence electrons. The smallest absolute Gasteiger partial charge is 0.256 e. The summed E-state index contributed by atoms with van der Waals surface area (Å²) in [6.45, 7) is 9.11. The van der Waals surface area contributed by atoms with Gasteiger partial charge in [0, 0.05) is 23.2 Å². The lowest BCUT2D eigenvalue weighted by molar-refractivity contribution is -0.171. The fourth-order valence-corrected chi connectivity index (χ4v) is 3.18. The molecular formula is C15H21BrN2O2.